The number of hydrogen-bond acceptors (Lipinski definition) is 8. The van der Waals surface area contributed by atoms with Crippen LogP contribution in [0.3, 0.4) is 0 Å². The Balaban J connectivity index is 1.92. The van der Waals surface area contributed by atoms with Gasteiger partial charge in [-0.15, -0.1) is 0 Å². The second-order valence-electron chi connectivity index (χ2n) is 9.46. The number of nitrogens with two attached hydrogens (primary N) is 1. The van der Waals surface area contributed by atoms with Crippen molar-refractivity contribution in [2.24, 2.45) is 5.73 Å². The standard InChI is InChI=1S/C27H34N6O2S/c1-5-20-21(15-28)25(33-13-11-19(12-14-33)31-17-27(2,3)35-4)32-26(22(20)16-29)36-23(24(30)34)18-9-7-6-8-10-18/h6-10,19,23,31H,5,11-14,17H2,1-4H3,(H2,30,34). The minimum absolute atomic E-state index is 0.238. The summed E-state index contributed by atoms with van der Waals surface area (Å²) in [4.78, 5) is 19.3. The number of pyridine rings is 1. The average Bonchev–Trinajstić information content (AvgIpc) is 2.90. The normalized spacial score (nSPS) is 15.2. The van der Waals surface area contributed by atoms with Crippen molar-refractivity contribution in [3.63, 3.8) is 0 Å². The fourth-order valence-corrected chi connectivity index (χ4v) is 5.34. The lowest BCUT2D eigenvalue weighted by Gasteiger charge is -2.36. The number of nitrogens with one attached hydrogen (secondary N) is 1. The van der Waals surface area contributed by atoms with Crippen LogP contribution in [0.15, 0.2) is 35.4 Å². The highest BCUT2D eigenvalue weighted by molar-refractivity contribution is 8.00. The number of amides is 1. The SMILES string of the molecule is CCc1c(C#N)c(SC(C(N)=O)c2ccccc2)nc(N2CCC(NCC(C)(C)OC)CC2)c1C#N. The Morgan fingerprint density at radius 3 is 2.42 bits per heavy atom. The molecule has 9 heteroatoms. The maximum atomic E-state index is 12.4. The van der Waals surface area contributed by atoms with Gasteiger partial charge in [-0.05, 0) is 44.2 Å². The lowest BCUT2D eigenvalue weighted by molar-refractivity contribution is -0.117. The van der Waals surface area contributed by atoms with Gasteiger partial charge in [0.25, 0.3) is 0 Å². The second kappa shape index (κ2) is 12.2. The molecule has 2 heterocycles. The van der Waals surface area contributed by atoms with Gasteiger partial charge >= 0.3 is 0 Å². The topological polar surface area (TPSA) is 128 Å². The van der Waals surface area contributed by atoms with Gasteiger partial charge < -0.3 is 20.7 Å². The van der Waals surface area contributed by atoms with Gasteiger partial charge in [-0.25, -0.2) is 4.98 Å². The summed E-state index contributed by atoms with van der Waals surface area (Å²) in [7, 11) is 1.71. The number of hydrogen-bond donors (Lipinski definition) is 2. The van der Waals surface area contributed by atoms with Gasteiger partial charge in [0.05, 0.1) is 16.7 Å². The molecule has 1 aliphatic heterocycles. The van der Waals surface area contributed by atoms with Gasteiger partial charge in [0, 0.05) is 32.8 Å². The highest BCUT2D eigenvalue weighted by Gasteiger charge is 2.29. The molecular formula is C27H34N6O2S. The predicted octanol–water partition coefficient (Wildman–Crippen LogP) is 3.69. The number of primary amides is 1. The predicted molar refractivity (Wildman–Crippen MR) is 142 cm³/mol. The van der Waals surface area contributed by atoms with E-state index < -0.39 is 11.2 Å². The number of benzene rings is 1. The molecule has 0 spiro atoms. The number of piperidine rings is 1. The van der Waals surface area contributed by atoms with Crippen molar-refractivity contribution in [2.75, 3.05) is 31.6 Å². The molecule has 1 aromatic carbocycles. The first kappa shape index (κ1) is 27.5. The fourth-order valence-electron chi connectivity index (χ4n) is 4.29. The number of nitriles is 2. The van der Waals surface area contributed by atoms with Crippen molar-refractivity contribution in [3.05, 3.63) is 52.6 Å². The maximum absolute atomic E-state index is 12.4. The summed E-state index contributed by atoms with van der Waals surface area (Å²) in [6.45, 7) is 8.23. The molecule has 0 saturated carbocycles. The van der Waals surface area contributed by atoms with Crippen LogP contribution < -0.4 is 16.0 Å². The molecule has 1 atom stereocenters. The summed E-state index contributed by atoms with van der Waals surface area (Å²) in [6, 6.07) is 14.1. The van der Waals surface area contributed by atoms with Crippen LogP contribution in [-0.4, -0.2) is 49.3 Å². The molecule has 2 aromatic rings. The summed E-state index contributed by atoms with van der Waals surface area (Å²) >= 11 is 1.17. The number of anilines is 1. The monoisotopic (exact) mass is 506 g/mol. The molecule has 190 valence electrons. The number of carbonyl (C=O) groups is 1. The van der Waals surface area contributed by atoms with E-state index in [0.29, 0.717) is 40.0 Å². The van der Waals surface area contributed by atoms with E-state index in [2.05, 4.69) is 36.2 Å². The van der Waals surface area contributed by atoms with Gasteiger partial charge in [-0.1, -0.05) is 49.0 Å². The first-order chi connectivity index (χ1) is 17.2. The zero-order chi connectivity index (χ0) is 26.3. The molecule has 0 bridgehead atoms. The van der Waals surface area contributed by atoms with Gasteiger partial charge in [-0.3, -0.25) is 4.79 Å². The molecule has 1 aliphatic rings. The molecule has 1 saturated heterocycles. The van der Waals surface area contributed by atoms with Crippen LogP contribution in [0.2, 0.25) is 0 Å². The Labute approximate surface area is 217 Å². The van der Waals surface area contributed by atoms with Crippen LogP contribution >= 0.6 is 11.8 Å². The highest BCUT2D eigenvalue weighted by Crippen LogP contribution is 2.39. The number of methoxy groups -OCH3 is 1. The quantitative estimate of drug-likeness (QED) is 0.467. The molecule has 0 aliphatic carbocycles. The number of nitrogens with zero attached hydrogens (tertiary/aromatic N) is 4. The van der Waals surface area contributed by atoms with Gasteiger partial charge in [-0.2, -0.15) is 10.5 Å². The van der Waals surface area contributed by atoms with Crippen molar-refractivity contribution < 1.29 is 9.53 Å². The van der Waals surface area contributed by atoms with Crippen LogP contribution in [-0.2, 0) is 16.0 Å². The number of carbonyl (C=O) groups excluding carboxylic acids is 1. The minimum atomic E-state index is -0.699. The van der Waals surface area contributed by atoms with Crippen LogP contribution in [0.1, 0.15) is 61.1 Å². The molecule has 1 unspecified atom stereocenters. The van der Waals surface area contributed by atoms with E-state index in [4.69, 9.17) is 15.5 Å². The highest BCUT2D eigenvalue weighted by atomic mass is 32.2. The first-order valence-corrected chi connectivity index (χ1v) is 13.0. The summed E-state index contributed by atoms with van der Waals surface area (Å²) in [5, 5.41) is 23.3. The van der Waals surface area contributed by atoms with E-state index >= 15 is 0 Å². The number of ether oxygens (including phenoxy) is 1. The third kappa shape index (κ3) is 6.36. The first-order valence-electron chi connectivity index (χ1n) is 12.2. The third-order valence-electron chi connectivity index (χ3n) is 6.58. The van der Waals surface area contributed by atoms with E-state index in [1.54, 1.807) is 7.11 Å². The van der Waals surface area contributed by atoms with E-state index in [1.807, 2.05) is 37.3 Å². The molecule has 0 radical (unpaired) electrons. The lowest BCUT2D eigenvalue weighted by atomic mass is 9.99. The molecule has 1 aromatic heterocycles. The van der Waals surface area contributed by atoms with Crippen LogP contribution in [0, 0.1) is 22.7 Å². The van der Waals surface area contributed by atoms with Crippen molar-refractivity contribution in [1.82, 2.24) is 10.3 Å². The minimum Gasteiger partial charge on any atom is -0.377 e. The number of rotatable bonds is 10. The van der Waals surface area contributed by atoms with Gasteiger partial charge in [0.2, 0.25) is 5.91 Å². The Morgan fingerprint density at radius 2 is 1.89 bits per heavy atom. The van der Waals surface area contributed by atoms with E-state index in [-0.39, 0.29) is 5.60 Å². The number of thioether (sulfide) groups is 1. The van der Waals surface area contributed by atoms with Crippen molar-refractivity contribution in [1.29, 1.82) is 10.5 Å². The van der Waals surface area contributed by atoms with Crippen molar-refractivity contribution in [3.8, 4) is 12.1 Å². The maximum Gasteiger partial charge on any atom is 0.235 e. The van der Waals surface area contributed by atoms with E-state index in [9.17, 15) is 15.3 Å². The van der Waals surface area contributed by atoms with Crippen LogP contribution in [0.5, 0.6) is 0 Å². The molecule has 1 amide bonds. The molecule has 1 fully saturated rings. The summed E-state index contributed by atoms with van der Waals surface area (Å²) < 4.78 is 5.51. The van der Waals surface area contributed by atoms with E-state index in [0.717, 1.165) is 38.0 Å². The largest absolute Gasteiger partial charge is 0.377 e. The smallest absolute Gasteiger partial charge is 0.235 e. The number of aromatic nitrogens is 1. The van der Waals surface area contributed by atoms with Crippen LogP contribution in [0.25, 0.3) is 0 Å². The van der Waals surface area contributed by atoms with Crippen LogP contribution in [0.4, 0.5) is 5.82 Å². The summed E-state index contributed by atoms with van der Waals surface area (Å²) in [5.74, 6) is 0.0644. The molecule has 36 heavy (non-hydrogen) atoms. The average molecular weight is 507 g/mol. The van der Waals surface area contributed by atoms with Crippen molar-refractivity contribution in [2.45, 2.75) is 62.0 Å². The lowest BCUT2D eigenvalue weighted by Crippen LogP contribution is -2.47. The zero-order valence-electron chi connectivity index (χ0n) is 21.4. The zero-order valence-corrected chi connectivity index (χ0v) is 22.2. The van der Waals surface area contributed by atoms with E-state index in [1.165, 1.54) is 11.8 Å². The summed E-state index contributed by atoms with van der Waals surface area (Å²) in [6.07, 6.45) is 2.29. The molecule has 3 N–H and O–H groups in total. The van der Waals surface area contributed by atoms with Gasteiger partial charge in [0.15, 0.2) is 0 Å². The fraction of sp³-hybridized carbons (Fsp3) is 0.481. The Bertz CT molecular complexity index is 1150. The Kier molecular flexibility index (Phi) is 9.33. The van der Waals surface area contributed by atoms with Crippen molar-refractivity contribution >= 4 is 23.5 Å². The Morgan fingerprint density at radius 1 is 1.25 bits per heavy atom. The second-order valence-corrected chi connectivity index (χ2v) is 10.6. The van der Waals surface area contributed by atoms with Gasteiger partial charge in [0.1, 0.15) is 28.2 Å². The summed E-state index contributed by atoms with van der Waals surface area (Å²) in [5.41, 5.74) is 7.68. The molecule has 8 nitrogen and oxygen atoms in total. The third-order valence-corrected chi connectivity index (χ3v) is 7.84. The Hall–Kier alpha value is -3.11. The molecule has 3 rings (SSSR count). The molecular weight excluding hydrogens is 472 g/mol.